The summed E-state index contributed by atoms with van der Waals surface area (Å²) >= 11 is 0. The Balaban J connectivity index is 1.58. The molecule has 2 unspecified atom stereocenters. The molecule has 2 aromatic rings. The highest BCUT2D eigenvalue weighted by Gasteiger charge is 2.31. The van der Waals surface area contributed by atoms with Gasteiger partial charge in [0.05, 0.1) is 18.7 Å². The molecule has 31 heavy (non-hydrogen) atoms. The minimum Gasteiger partial charge on any atom is -0.393 e. The fourth-order valence-electron chi connectivity index (χ4n) is 4.11. The van der Waals surface area contributed by atoms with Crippen LogP contribution >= 0.6 is 0 Å². The number of hydrogen-bond donors (Lipinski definition) is 2. The molecule has 6 heteroatoms. The molecule has 0 saturated heterocycles. The molecule has 1 heterocycles. The maximum Gasteiger partial charge on any atom is 0.285 e. The predicted octanol–water partition coefficient (Wildman–Crippen LogP) is 4.31. The van der Waals surface area contributed by atoms with Crippen molar-refractivity contribution in [1.82, 2.24) is 10.2 Å². The number of aliphatic hydroxyl groups is 1. The average molecular weight is 431 g/mol. The molecule has 2 N–H and O–H groups in total. The first-order valence-electron chi connectivity index (χ1n) is 10.8. The van der Waals surface area contributed by atoms with E-state index in [4.69, 9.17) is 0 Å². The molecule has 0 spiro atoms. The van der Waals surface area contributed by atoms with Gasteiger partial charge in [-0.25, -0.2) is 0 Å². The highest BCUT2D eigenvalue weighted by atomic mass is 19.3. The molecule has 1 aliphatic rings. The van der Waals surface area contributed by atoms with E-state index < -0.39 is 18.6 Å². The Bertz CT molecular complexity index is 897. The average Bonchev–Trinajstić information content (AvgIpc) is 3.10. The zero-order valence-electron chi connectivity index (χ0n) is 18.5. The van der Waals surface area contributed by atoms with Gasteiger partial charge in [0.15, 0.2) is 0 Å². The second kappa shape index (κ2) is 9.98. The van der Waals surface area contributed by atoms with E-state index in [-0.39, 0.29) is 17.4 Å². The first-order valence-corrected chi connectivity index (χ1v) is 10.8. The quantitative estimate of drug-likeness (QED) is 0.590. The Kier molecular flexibility index (Phi) is 7.57. The molecule has 0 fully saturated rings. The second-order valence-corrected chi connectivity index (χ2v) is 8.73. The van der Waals surface area contributed by atoms with Crippen molar-refractivity contribution in [3.8, 4) is 0 Å². The van der Waals surface area contributed by atoms with Crippen LogP contribution in [0.2, 0.25) is 0 Å². The van der Waals surface area contributed by atoms with E-state index in [1.165, 1.54) is 12.1 Å². The summed E-state index contributed by atoms with van der Waals surface area (Å²) in [7, 11) is 0. The monoisotopic (exact) mass is 430 g/mol. The largest absolute Gasteiger partial charge is 0.393 e. The van der Waals surface area contributed by atoms with E-state index in [9.17, 15) is 18.7 Å². The summed E-state index contributed by atoms with van der Waals surface area (Å²) < 4.78 is 28.9. The van der Waals surface area contributed by atoms with Crippen molar-refractivity contribution in [3.63, 3.8) is 0 Å². The van der Waals surface area contributed by atoms with Crippen LogP contribution in [0.15, 0.2) is 42.5 Å². The smallest absolute Gasteiger partial charge is 0.285 e. The number of hydrogen-bond acceptors (Lipinski definition) is 4. The number of ketones is 1. The van der Waals surface area contributed by atoms with Gasteiger partial charge in [-0.15, -0.1) is 0 Å². The van der Waals surface area contributed by atoms with Crippen LogP contribution in [-0.4, -0.2) is 34.5 Å². The number of fused-ring (bicyclic) bond motifs is 1. The SMILES string of the molecule is CC(=O)C(CCC(C)O)N1Cc2ccc(CNCC(F)(F)c3ccc(C)cc3)cc2C1. The molecular formula is C25H32F2N2O2. The fraction of sp³-hybridized carbons (Fsp3) is 0.480. The third-order valence-corrected chi connectivity index (χ3v) is 5.94. The topological polar surface area (TPSA) is 52.6 Å². The van der Waals surface area contributed by atoms with Gasteiger partial charge in [-0.3, -0.25) is 9.69 Å². The van der Waals surface area contributed by atoms with E-state index in [0.717, 1.165) is 22.3 Å². The number of aryl methyl sites for hydroxylation is 1. The van der Waals surface area contributed by atoms with Crippen molar-refractivity contribution >= 4 is 5.78 Å². The first-order chi connectivity index (χ1) is 14.7. The summed E-state index contributed by atoms with van der Waals surface area (Å²) in [5.41, 5.74) is 4.22. The first kappa shape index (κ1) is 23.5. The highest BCUT2D eigenvalue weighted by Crippen LogP contribution is 2.29. The van der Waals surface area contributed by atoms with Crippen molar-refractivity contribution in [2.75, 3.05) is 6.54 Å². The Morgan fingerprint density at radius 2 is 1.81 bits per heavy atom. The molecule has 0 aliphatic carbocycles. The molecule has 1 aliphatic heterocycles. The summed E-state index contributed by atoms with van der Waals surface area (Å²) in [5, 5.41) is 12.5. The Labute approximate surface area is 183 Å². The lowest BCUT2D eigenvalue weighted by Gasteiger charge is -2.25. The normalized spacial score (nSPS) is 16.2. The second-order valence-electron chi connectivity index (χ2n) is 8.73. The van der Waals surface area contributed by atoms with Crippen molar-refractivity contribution in [2.45, 2.75) is 71.3 Å². The molecule has 0 aromatic heterocycles. The van der Waals surface area contributed by atoms with Gasteiger partial charge >= 0.3 is 0 Å². The van der Waals surface area contributed by atoms with Gasteiger partial charge in [-0.05, 0) is 50.3 Å². The number of nitrogens with zero attached hydrogens (tertiary/aromatic N) is 1. The van der Waals surface area contributed by atoms with Crippen molar-refractivity contribution in [2.24, 2.45) is 0 Å². The Morgan fingerprint density at radius 1 is 1.13 bits per heavy atom. The molecule has 168 valence electrons. The van der Waals surface area contributed by atoms with Crippen LogP contribution in [0.4, 0.5) is 8.78 Å². The van der Waals surface area contributed by atoms with Crippen LogP contribution in [0.3, 0.4) is 0 Å². The number of rotatable bonds is 10. The lowest BCUT2D eigenvalue weighted by molar-refractivity contribution is -0.122. The van der Waals surface area contributed by atoms with E-state index in [1.807, 2.05) is 25.1 Å². The van der Waals surface area contributed by atoms with Crippen LogP contribution in [0.5, 0.6) is 0 Å². The highest BCUT2D eigenvalue weighted by molar-refractivity contribution is 5.81. The number of carbonyl (C=O) groups is 1. The van der Waals surface area contributed by atoms with Gasteiger partial charge in [0.2, 0.25) is 0 Å². The zero-order chi connectivity index (χ0) is 22.6. The third-order valence-electron chi connectivity index (χ3n) is 5.94. The summed E-state index contributed by atoms with van der Waals surface area (Å²) in [4.78, 5) is 14.3. The molecule has 0 amide bonds. The van der Waals surface area contributed by atoms with E-state index in [2.05, 4.69) is 10.2 Å². The Morgan fingerprint density at radius 3 is 2.45 bits per heavy atom. The molecule has 3 rings (SSSR count). The molecular weight excluding hydrogens is 398 g/mol. The maximum absolute atomic E-state index is 14.4. The lowest BCUT2D eigenvalue weighted by atomic mass is 10.0. The fourth-order valence-corrected chi connectivity index (χ4v) is 4.11. The van der Waals surface area contributed by atoms with Crippen LogP contribution < -0.4 is 5.32 Å². The van der Waals surface area contributed by atoms with Crippen LogP contribution in [0, 0.1) is 6.92 Å². The number of aliphatic hydroxyl groups excluding tert-OH is 1. The van der Waals surface area contributed by atoms with Gasteiger partial charge in [-0.2, -0.15) is 8.78 Å². The minimum absolute atomic E-state index is 0.0164. The van der Waals surface area contributed by atoms with Gasteiger partial charge in [-0.1, -0.05) is 48.0 Å². The molecule has 0 bridgehead atoms. The third kappa shape index (κ3) is 6.19. The number of carbonyl (C=O) groups excluding carboxylic acids is 1. The molecule has 2 aromatic carbocycles. The number of halogens is 2. The number of alkyl halides is 2. The van der Waals surface area contributed by atoms with Crippen LogP contribution in [0.25, 0.3) is 0 Å². The lowest BCUT2D eigenvalue weighted by Crippen LogP contribution is -2.37. The number of nitrogens with one attached hydrogen (secondary N) is 1. The maximum atomic E-state index is 14.4. The van der Waals surface area contributed by atoms with Crippen LogP contribution in [0.1, 0.15) is 54.5 Å². The molecule has 0 radical (unpaired) electrons. The predicted molar refractivity (Wildman–Crippen MR) is 118 cm³/mol. The van der Waals surface area contributed by atoms with Crippen LogP contribution in [-0.2, 0) is 30.4 Å². The van der Waals surface area contributed by atoms with E-state index in [0.29, 0.717) is 32.5 Å². The minimum atomic E-state index is -2.93. The van der Waals surface area contributed by atoms with Crippen molar-refractivity contribution in [3.05, 3.63) is 70.3 Å². The number of benzene rings is 2. The zero-order valence-corrected chi connectivity index (χ0v) is 18.5. The summed E-state index contributed by atoms with van der Waals surface area (Å²) in [6, 6.07) is 12.2. The summed E-state index contributed by atoms with van der Waals surface area (Å²) in [6.45, 7) is 6.49. The van der Waals surface area contributed by atoms with Gasteiger partial charge < -0.3 is 10.4 Å². The van der Waals surface area contributed by atoms with Gasteiger partial charge in [0.25, 0.3) is 5.92 Å². The summed E-state index contributed by atoms with van der Waals surface area (Å²) in [6.07, 6.45) is 0.785. The Hall–Kier alpha value is -2.15. The molecule has 0 saturated carbocycles. The standard InChI is InChI=1S/C25H32F2N2O2/c1-17-4-9-23(10-5-17)25(26,27)16-28-13-20-7-8-21-14-29(15-22(21)12-20)24(19(3)31)11-6-18(2)30/h4-5,7-10,12,18,24,28,30H,6,11,13-16H2,1-3H3. The number of Topliss-reactive ketones (excluding diaryl/α,β-unsaturated/α-hetero) is 1. The van der Waals surface area contributed by atoms with Gasteiger partial charge in [0.1, 0.15) is 5.78 Å². The van der Waals surface area contributed by atoms with Gasteiger partial charge in [0, 0.05) is 25.2 Å². The summed E-state index contributed by atoms with van der Waals surface area (Å²) in [5.74, 6) is -2.83. The van der Waals surface area contributed by atoms with Crippen molar-refractivity contribution < 1.29 is 18.7 Å². The van der Waals surface area contributed by atoms with Crippen molar-refractivity contribution in [1.29, 1.82) is 0 Å². The molecule has 2 atom stereocenters. The molecule has 4 nitrogen and oxygen atoms in total. The van der Waals surface area contributed by atoms with E-state index >= 15 is 0 Å². The van der Waals surface area contributed by atoms with E-state index in [1.54, 1.807) is 26.0 Å².